The molecular weight excluding hydrogens is 136 g/mol. The fraction of sp³-hybridized carbons (Fsp3) is 0.200. The van der Waals surface area contributed by atoms with E-state index in [9.17, 15) is 10.1 Å². The molecule has 0 saturated carbocycles. The molecule has 2 N–H and O–H groups in total. The van der Waals surface area contributed by atoms with Gasteiger partial charge >= 0.3 is 0 Å². The van der Waals surface area contributed by atoms with Gasteiger partial charge in [-0.2, -0.15) is 0 Å². The summed E-state index contributed by atoms with van der Waals surface area (Å²) in [6, 6.07) is 0. The topological polar surface area (TPSA) is 75.4 Å². The zero-order valence-corrected chi connectivity index (χ0v) is 5.02. The first-order valence-corrected chi connectivity index (χ1v) is 2.67. The normalized spacial score (nSPS) is 23.3. The summed E-state index contributed by atoms with van der Waals surface area (Å²) in [6.45, 7) is 0. The van der Waals surface area contributed by atoms with Crippen molar-refractivity contribution in [3.63, 3.8) is 0 Å². The van der Waals surface area contributed by atoms with Crippen LogP contribution in [0.15, 0.2) is 24.0 Å². The molecule has 1 unspecified atom stereocenters. The monoisotopic (exact) mass is 142 g/mol. The number of dihydropyridines is 1. The molecule has 1 aliphatic heterocycles. The minimum absolute atomic E-state index is 0.234. The third-order valence-corrected chi connectivity index (χ3v) is 1.11. The predicted molar refractivity (Wildman–Crippen MR) is 33.4 cm³/mol. The molecule has 0 spiro atoms. The number of nitrogens with one attached hydrogen (secondary N) is 1. The molecule has 0 radical (unpaired) electrons. The van der Waals surface area contributed by atoms with Crippen molar-refractivity contribution in [2.45, 2.75) is 6.23 Å². The smallest absolute Gasteiger partial charge is 0.295 e. The van der Waals surface area contributed by atoms with Gasteiger partial charge in [0.1, 0.15) is 0 Å². The summed E-state index contributed by atoms with van der Waals surface area (Å²) >= 11 is 0. The van der Waals surface area contributed by atoms with E-state index in [1.165, 1.54) is 18.4 Å². The molecule has 0 aromatic heterocycles. The molecule has 0 bridgehead atoms. The number of hydrogen-bond donors (Lipinski definition) is 2. The molecule has 0 amide bonds. The van der Waals surface area contributed by atoms with E-state index in [1.807, 2.05) is 0 Å². The van der Waals surface area contributed by atoms with E-state index in [2.05, 4.69) is 5.32 Å². The van der Waals surface area contributed by atoms with Crippen LogP contribution in [0, 0.1) is 10.1 Å². The van der Waals surface area contributed by atoms with Crippen LogP contribution in [0.5, 0.6) is 0 Å². The highest BCUT2D eigenvalue weighted by atomic mass is 16.6. The van der Waals surface area contributed by atoms with Gasteiger partial charge in [-0.1, -0.05) is 0 Å². The highest BCUT2D eigenvalue weighted by molar-refractivity contribution is 5.14. The molecule has 1 heterocycles. The van der Waals surface area contributed by atoms with Gasteiger partial charge in [0.2, 0.25) is 6.23 Å². The third-order valence-electron chi connectivity index (χ3n) is 1.11. The second kappa shape index (κ2) is 2.49. The third kappa shape index (κ3) is 1.14. The minimum Gasteiger partial charge on any atom is -0.365 e. The Kier molecular flexibility index (Phi) is 1.68. The molecule has 1 aliphatic rings. The lowest BCUT2D eigenvalue weighted by atomic mass is 10.3. The van der Waals surface area contributed by atoms with E-state index in [0.717, 1.165) is 0 Å². The summed E-state index contributed by atoms with van der Waals surface area (Å²) in [6.07, 6.45) is 2.98. The number of hydrogen-bond acceptors (Lipinski definition) is 4. The summed E-state index contributed by atoms with van der Waals surface area (Å²) in [4.78, 5) is 9.44. The van der Waals surface area contributed by atoms with Gasteiger partial charge in [0.25, 0.3) is 5.70 Å². The maximum atomic E-state index is 10.1. The molecule has 5 nitrogen and oxygen atoms in total. The summed E-state index contributed by atoms with van der Waals surface area (Å²) in [5.41, 5.74) is -0.234. The average molecular weight is 142 g/mol. The standard InChI is InChI=1S/C5H6N2O3/c8-5-4(7(9)10)2-1-3-6-5/h1-3,5-6,8H. The van der Waals surface area contributed by atoms with Crippen molar-refractivity contribution >= 4 is 0 Å². The lowest BCUT2D eigenvalue weighted by Gasteiger charge is -2.09. The minimum atomic E-state index is -1.18. The van der Waals surface area contributed by atoms with E-state index < -0.39 is 11.2 Å². The highest BCUT2D eigenvalue weighted by Crippen LogP contribution is 2.04. The lowest BCUT2D eigenvalue weighted by molar-refractivity contribution is -0.437. The summed E-state index contributed by atoms with van der Waals surface area (Å²) < 4.78 is 0. The van der Waals surface area contributed by atoms with Crippen LogP contribution >= 0.6 is 0 Å². The Morgan fingerprint density at radius 3 is 2.90 bits per heavy atom. The first-order valence-electron chi connectivity index (χ1n) is 2.67. The fourth-order valence-corrected chi connectivity index (χ4v) is 0.631. The van der Waals surface area contributed by atoms with Gasteiger partial charge in [-0.3, -0.25) is 10.1 Å². The summed E-state index contributed by atoms with van der Waals surface area (Å²) in [5.74, 6) is 0. The molecule has 10 heavy (non-hydrogen) atoms. The number of aliphatic hydroxyl groups is 1. The van der Waals surface area contributed by atoms with Crippen LogP contribution in [0.25, 0.3) is 0 Å². The van der Waals surface area contributed by atoms with Crippen LogP contribution in [0.1, 0.15) is 0 Å². The molecule has 0 saturated heterocycles. The SMILES string of the molecule is O=[N+]([O-])C1=CC=CNC1O. The maximum absolute atomic E-state index is 10.1. The van der Waals surface area contributed by atoms with Crippen LogP contribution in [-0.4, -0.2) is 16.3 Å². The van der Waals surface area contributed by atoms with E-state index in [-0.39, 0.29) is 5.70 Å². The Bertz CT molecular complexity index is 209. The van der Waals surface area contributed by atoms with Gasteiger partial charge in [0, 0.05) is 6.08 Å². The number of rotatable bonds is 1. The Labute approximate surface area is 56.8 Å². The number of nitrogens with zero attached hydrogens (tertiary/aromatic N) is 1. The van der Waals surface area contributed by atoms with Gasteiger partial charge in [-0.25, -0.2) is 0 Å². The maximum Gasteiger partial charge on any atom is 0.295 e. The fourth-order valence-electron chi connectivity index (χ4n) is 0.631. The highest BCUT2D eigenvalue weighted by Gasteiger charge is 2.21. The van der Waals surface area contributed by atoms with E-state index in [4.69, 9.17) is 5.11 Å². The molecule has 1 atom stereocenters. The second-order valence-corrected chi connectivity index (χ2v) is 1.78. The summed E-state index contributed by atoms with van der Waals surface area (Å²) in [7, 11) is 0. The van der Waals surface area contributed by atoms with Crippen LogP contribution in [0.2, 0.25) is 0 Å². The van der Waals surface area contributed by atoms with Crippen molar-refractivity contribution in [3.8, 4) is 0 Å². The van der Waals surface area contributed by atoms with Crippen LogP contribution < -0.4 is 5.32 Å². The Morgan fingerprint density at radius 2 is 2.50 bits per heavy atom. The first kappa shape index (κ1) is 6.76. The number of aliphatic hydroxyl groups excluding tert-OH is 1. The van der Waals surface area contributed by atoms with E-state index >= 15 is 0 Å². The van der Waals surface area contributed by atoms with Crippen molar-refractivity contribution < 1.29 is 10.0 Å². The zero-order valence-electron chi connectivity index (χ0n) is 5.02. The molecule has 5 heteroatoms. The van der Waals surface area contributed by atoms with Gasteiger partial charge in [-0.15, -0.1) is 0 Å². The Hall–Kier alpha value is -1.36. The van der Waals surface area contributed by atoms with Crippen molar-refractivity contribution in [2.75, 3.05) is 0 Å². The quantitative estimate of drug-likeness (QED) is 0.385. The van der Waals surface area contributed by atoms with Crippen LogP contribution in [0.4, 0.5) is 0 Å². The van der Waals surface area contributed by atoms with Crippen LogP contribution in [-0.2, 0) is 0 Å². The molecule has 1 rings (SSSR count). The van der Waals surface area contributed by atoms with Crippen molar-refractivity contribution in [2.24, 2.45) is 0 Å². The predicted octanol–water partition coefficient (Wildman–Crippen LogP) is -0.418. The van der Waals surface area contributed by atoms with E-state index in [0.29, 0.717) is 0 Å². The molecule has 0 aliphatic carbocycles. The Morgan fingerprint density at radius 1 is 1.80 bits per heavy atom. The van der Waals surface area contributed by atoms with Gasteiger partial charge in [0.15, 0.2) is 0 Å². The number of nitro groups is 1. The lowest BCUT2D eigenvalue weighted by Crippen LogP contribution is -2.31. The summed E-state index contributed by atoms with van der Waals surface area (Å²) in [5, 5.41) is 21.3. The van der Waals surface area contributed by atoms with Crippen molar-refractivity contribution in [3.05, 3.63) is 34.2 Å². The largest absolute Gasteiger partial charge is 0.365 e. The molecule has 0 fully saturated rings. The molecule has 54 valence electrons. The van der Waals surface area contributed by atoms with Gasteiger partial charge in [0.05, 0.1) is 4.92 Å². The van der Waals surface area contributed by atoms with Crippen LogP contribution in [0.3, 0.4) is 0 Å². The zero-order chi connectivity index (χ0) is 7.56. The van der Waals surface area contributed by atoms with Crippen molar-refractivity contribution in [1.29, 1.82) is 0 Å². The first-order chi connectivity index (χ1) is 4.72. The average Bonchev–Trinajstić information content (AvgIpc) is 1.88. The van der Waals surface area contributed by atoms with Gasteiger partial charge < -0.3 is 10.4 Å². The second-order valence-electron chi connectivity index (χ2n) is 1.78. The van der Waals surface area contributed by atoms with Gasteiger partial charge in [-0.05, 0) is 12.3 Å². The molecule has 0 aromatic carbocycles. The van der Waals surface area contributed by atoms with E-state index in [1.54, 1.807) is 0 Å². The van der Waals surface area contributed by atoms with Crippen molar-refractivity contribution in [1.82, 2.24) is 5.32 Å². The molecule has 0 aromatic rings. The Balaban J connectivity index is 2.80. The molecular formula is C5H6N2O3. The number of allylic oxidation sites excluding steroid dienone is 2.